The zero-order chi connectivity index (χ0) is 17.1. The van der Waals surface area contributed by atoms with E-state index in [1.165, 1.54) is 25.3 Å². The predicted octanol–water partition coefficient (Wildman–Crippen LogP) is 3.06. The highest BCUT2D eigenvalue weighted by atomic mass is 16.6. The molecular formula is C17H17N3O4. The molecule has 0 aliphatic heterocycles. The average molecular weight is 327 g/mol. The van der Waals surface area contributed by atoms with Crippen LogP contribution in [0.3, 0.4) is 0 Å². The lowest BCUT2D eigenvalue weighted by Gasteiger charge is -2.23. The first kappa shape index (κ1) is 15.9. The Balaban J connectivity index is 1.88. The molecule has 2 aromatic rings. The van der Waals surface area contributed by atoms with Crippen LogP contribution in [0.1, 0.15) is 30.0 Å². The van der Waals surface area contributed by atoms with Gasteiger partial charge in [-0.25, -0.2) is 0 Å². The minimum Gasteiger partial charge on any atom is -0.495 e. The minimum absolute atomic E-state index is 0.103. The molecule has 1 N–H and O–H groups in total. The molecule has 124 valence electrons. The maximum atomic E-state index is 12.7. The van der Waals surface area contributed by atoms with Crippen molar-refractivity contribution in [1.82, 2.24) is 4.98 Å². The zero-order valence-corrected chi connectivity index (χ0v) is 13.2. The number of methoxy groups -OCH3 is 1. The van der Waals surface area contributed by atoms with Gasteiger partial charge in [-0.15, -0.1) is 0 Å². The van der Waals surface area contributed by atoms with Crippen molar-refractivity contribution in [2.75, 3.05) is 12.4 Å². The predicted molar refractivity (Wildman–Crippen MR) is 88.2 cm³/mol. The Labute approximate surface area is 138 Å². The maximum Gasteiger partial charge on any atom is 0.271 e. The summed E-state index contributed by atoms with van der Waals surface area (Å²) in [4.78, 5) is 27.5. The van der Waals surface area contributed by atoms with Gasteiger partial charge in [-0.05, 0) is 37.0 Å². The van der Waals surface area contributed by atoms with E-state index in [2.05, 4.69) is 10.3 Å². The van der Waals surface area contributed by atoms with Gasteiger partial charge >= 0.3 is 0 Å². The number of benzene rings is 1. The van der Waals surface area contributed by atoms with Crippen molar-refractivity contribution >= 4 is 17.3 Å². The van der Waals surface area contributed by atoms with E-state index in [9.17, 15) is 14.9 Å². The van der Waals surface area contributed by atoms with Gasteiger partial charge in [0.05, 0.1) is 29.3 Å². The fourth-order valence-corrected chi connectivity index (χ4v) is 2.99. The number of aromatic nitrogens is 1. The van der Waals surface area contributed by atoms with E-state index in [1.807, 2.05) is 12.1 Å². The molecule has 1 amide bonds. The lowest BCUT2D eigenvalue weighted by molar-refractivity contribution is -0.384. The van der Waals surface area contributed by atoms with Crippen LogP contribution in [0.4, 0.5) is 11.4 Å². The number of anilines is 1. The van der Waals surface area contributed by atoms with E-state index in [0.717, 1.165) is 24.1 Å². The normalized spacial score (nSPS) is 16.1. The number of hydrogen-bond acceptors (Lipinski definition) is 5. The molecule has 1 aromatic heterocycles. The van der Waals surface area contributed by atoms with Crippen molar-refractivity contribution in [2.24, 2.45) is 0 Å². The maximum absolute atomic E-state index is 12.7. The van der Waals surface area contributed by atoms with Gasteiger partial charge in [0.25, 0.3) is 5.69 Å². The lowest BCUT2D eigenvalue weighted by Crippen LogP contribution is -2.25. The van der Waals surface area contributed by atoms with Crippen LogP contribution in [0.5, 0.6) is 5.75 Å². The molecular weight excluding hydrogens is 310 g/mol. The standard InChI is InChI=1S/C17H17N3O4/c1-24-15-8-7-12(20(22)23)10-14(15)19-17(21)13-6-2-4-11-5-3-9-18-16(11)13/h3,5,7-10,13H,2,4,6H2,1H3,(H,19,21). The molecule has 1 atom stereocenters. The number of carbonyl (C=O) groups is 1. The molecule has 7 heteroatoms. The van der Waals surface area contributed by atoms with Gasteiger partial charge in [-0.2, -0.15) is 0 Å². The van der Waals surface area contributed by atoms with Crippen LogP contribution in [0, 0.1) is 10.1 Å². The molecule has 24 heavy (non-hydrogen) atoms. The van der Waals surface area contributed by atoms with E-state index in [-0.39, 0.29) is 17.5 Å². The molecule has 1 heterocycles. The summed E-state index contributed by atoms with van der Waals surface area (Å²) < 4.78 is 5.18. The Bertz CT molecular complexity index is 791. The number of aryl methyl sites for hydroxylation is 1. The van der Waals surface area contributed by atoms with Crippen molar-refractivity contribution in [3.63, 3.8) is 0 Å². The molecule has 0 bridgehead atoms. The summed E-state index contributed by atoms with van der Waals surface area (Å²) in [6.07, 6.45) is 4.20. The third-order valence-electron chi connectivity index (χ3n) is 4.16. The van der Waals surface area contributed by atoms with Crippen LogP contribution in [0.2, 0.25) is 0 Å². The van der Waals surface area contributed by atoms with Crippen molar-refractivity contribution in [1.29, 1.82) is 0 Å². The second-order valence-electron chi connectivity index (χ2n) is 5.62. The summed E-state index contributed by atoms with van der Waals surface area (Å²) in [5.74, 6) is -0.210. The first-order valence-corrected chi connectivity index (χ1v) is 7.67. The molecule has 0 radical (unpaired) electrons. The first-order valence-electron chi connectivity index (χ1n) is 7.67. The zero-order valence-electron chi connectivity index (χ0n) is 13.2. The first-order chi connectivity index (χ1) is 11.6. The van der Waals surface area contributed by atoms with Crippen LogP contribution in [0.15, 0.2) is 36.5 Å². The van der Waals surface area contributed by atoms with E-state index in [4.69, 9.17) is 4.74 Å². The van der Waals surface area contributed by atoms with Crippen LogP contribution in [-0.2, 0) is 11.2 Å². The van der Waals surface area contributed by atoms with E-state index in [0.29, 0.717) is 17.9 Å². The highest BCUT2D eigenvalue weighted by molar-refractivity contribution is 5.97. The number of ether oxygens (including phenoxy) is 1. The van der Waals surface area contributed by atoms with E-state index in [1.54, 1.807) is 6.20 Å². The molecule has 1 aliphatic rings. The van der Waals surface area contributed by atoms with Crippen LogP contribution in [-0.4, -0.2) is 22.9 Å². The van der Waals surface area contributed by atoms with Crippen LogP contribution in [0.25, 0.3) is 0 Å². The molecule has 1 aliphatic carbocycles. The monoisotopic (exact) mass is 327 g/mol. The number of nitro benzene ring substituents is 1. The molecule has 3 rings (SSSR count). The summed E-state index contributed by atoms with van der Waals surface area (Å²) in [6, 6.07) is 7.96. The van der Waals surface area contributed by atoms with E-state index < -0.39 is 4.92 Å². The van der Waals surface area contributed by atoms with Gasteiger partial charge in [0, 0.05) is 18.3 Å². The Morgan fingerprint density at radius 1 is 1.42 bits per heavy atom. The number of rotatable bonds is 4. The second-order valence-corrected chi connectivity index (χ2v) is 5.62. The Morgan fingerprint density at radius 3 is 3.00 bits per heavy atom. The molecule has 1 aromatic carbocycles. The highest BCUT2D eigenvalue weighted by Gasteiger charge is 2.28. The molecule has 1 unspecified atom stereocenters. The number of nitrogens with zero attached hydrogens (tertiary/aromatic N) is 2. The Kier molecular flexibility index (Phi) is 4.41. The molecule has 0 fully saturated rings. The van der Waals surface area contributed by atoms with Gasteiger partial charge in [-0.3, -0.25) is 19.9 Å². The Hall–Kier alpha value is -2.96. The highest BCUT2D eigenvalue weighted by Crippen LogP contribution is 2.33. The lowest BCUT2D eigenvalue weighted by atomic mass is 9.86. The molecule has 0 saturated heterocycles. The third kappa shape index (κ3) is 3.05. The summed E-state index contributed by atoms with van der Waals surface area (Å²) in [6.45, 7) is 0. The third-order valence-corrected chi connectivity index (χ3v) is 4.16. The van der Waals surface area contributed by atoms with Gasteiger partial charge in [0.15, 0.2) is 0 Å². The summed E-state index contributed by atoms with van der Waals surface area (Å²) in [7, 11) is 1.45. The van der Waals surface area contributed by atoms with Gasteiger partial charge in [0.2, 0.25) is 5.91 Å². The number of fused-ring (bicyclic) bond motifs is 1. The topological polar surface area (TPSA) is 94.4 Å². The largest absolute Gasteiger partial charge is 0.495 e. The number of hydrogen-bond donors (Lipinski definition) is 1. The summed E-state index contributed by atoms with van der Waals surface area (Å²) in [5.41, 5.74) is 2.05. The number of pyridine rings is 1. The number of nitrogens with one attached hydrogen (secondary N) is 1. The van der Waals surface area contributed by atoms with Crippen molar-refractivity contribution in [2.45, 2.75) is 25.2 Å². The smallest absolute Gasteiger partial charge is 0.271 e. The molecule has 0 saturated carbocycles. The summed E-state index contributed by atoms with van der Waals surface area (Å²) in [5, 5.41) is 13.7. The van der Waals surface area contributed by atoms with Crippen LogP contribution >= 0.6 is 0 Å². The van der Waals surface area contributed by atoms with Crippen molar-refractivity contribution in [3.8, 4) is 5.75 Å². The second kappa shape index (κ2) is 6.66. The quantitative estimate of drug-likeness (QED) is 0.688. The number of amides is 1. The average Bonchev–Trinajstić information content (AvgIpc) is 2.61. The van der Waals surface area contributed by atoms with Gasteiger partial charge in [-0.1, -0.05) is 6.07 Å². The van der Waals surface area contributed by atoms with Crippen LogP contribution < -0.4 is 10.1 Å². The number of carbonyl (C=O) groups excluding carboxylic acids is 1. The molecule has 0 spiro atoms. The molecule has 7 nitrogen and oxygen atoms in total. The fourth-order valence-electron chi connectivity index (χ4n) is 2.99. The summed E-state index contributed by atoms with van der Waals surface area (Å²) >= 11 is 0. The van der Waals surface area contributed by atoms with Gasteiger partial charge in [0.1, 0.15) is 5.75 Å². The van der Waals surface area contributed by atoms with Crippen molar-refractivity contribution < 1.29 is 14.5 Å². The number of nitro groups is 1. The number of non-ortho nitro benzene ring substituents is 1. The minimum atomic E-state index is -0.507. The Morgan fingerprint density at radius 2 is 2.25 bits per heavy atom. The SMILES string of the molecule is COc1ccc([N+](=O)[O-])cc1NC(=O)C1CCCc2cccnc21. The fraction of sp³-hybridized carbons (Fsp3) is 0.294. The van der Waals surface area contributed by atoms with Crippen molar-refractivity contribution in [3.05, 3.63) is 57.9 Å². The van der Waals surface area contributed by atoms with Gasteiger partial charge < -0.3 is 10.1 Å². The van der Waals surface area contributed by atoms with E-state index >= 15 is 0 Å².